The third kappa shape index (κ3) is 2.35. The van der Waals surface area contributed by atoms with Crippen LogP contribution in [0.15, 0.2) is 0 Å². The summed E-state index contributed by atoms with van der Waals surface area (Å²) in [6.45, 7) is 7.15. The lowest BCUT2D eigenvalue weighted by Gasteiger charge is -2.35. The summed E-state index contributed by atoms with van der Waals surface area (Å²) in [5.41, 5.74) is -0.306. The molecule has 1 aliphatic carbocycles. The maximum Gasteiger partial charge on any atom is 0.243 e. The lowest BCUT2D eigenvalue weighted by molar-refractivity contribution is -0.134. The Bertz CT molecular complexity index is 292. The van der Waals surface area contributed by atoms with Gasteiger partial charge in [-0.15, -0.1) is 0 Å². The molecule has 2 rings (SSSR count). The van der Waals surface area contributed by atoms with Crippen LogP contribution in [0.3, 0.4) is 0 Å². The van der Waals surface area contributed by atoms with Crippen LogP contribution in [-0.2, 0) is 4.79 Å². The monoisotopic (exact) mass is 238 g/mol. The molecule has 0 aromatic heterocycles. The highest BCUT2D eigenvalue weighted by molar-refractivity contribution is 5.88. The predicted molar refractivity (Wildman–Crippen MR) is 69.6 cm³/mol. The van der Waals surface area contributed by atoms with E-state index in [2.05, 4.69) is 24.1 Å². The van der Waals surface area contributed by atoms with Crippen molar-refractivity contribution in [3.63, 3.8) is 0 Å². The topological polar surface area (TPSA) is 32.3 Å². The van der Waals surface area contributed by atoms with Gasteiger partial charge in [0.2, 0.25) is 5.91 Å². The van der Waals surface area contributed by atoms with Crippen molar-refractivity contribution in [2.45, 2.75) is 70.9 Å². The number of nitrogens with zero attached hydrogens (tertiary/aromatic N) is 1. The Morgan fingerprint density at radius 1 is 1.41 bits per heavy atom. The van der Waals surface area contributed by atoms with E-state index in [0.717, 1.165) is 19.0 Å². The summed E-state index contributed by atoms with van der Waals surface area (Å²) in [6, 6.07) is 0.488. The predicted octanol–water partition coefficient (Wildman–Crippen LogP) is 2.51. The quantitative estimate of drug-likeness (QED) is 0.819. The normalized spacial score (nSPS) is 38.8. The second-order valence-electron chi connectivity index (χ2n) is 5.89. The van der Waals surface area contributed by atoms with Crippen LogP contribution in [0.25, 0.3) is 0 Å². The number of carbonyl (C=O) groups is 1. The fraction of sp³-hybridized carbons (Fsp3) is 0.929. The van der Waals surface area contributed by atoms with Gasteiger partial charge in [-0.3, -0.25) is 10.1 Å². The molecule has 3 unspecified atom stereocenters. The van der Waals surface area contributed by atoms with E-state index in [4.69, 9.17) is 0 Å². The minimum atomic E-state index is -0.306. The summed E-state index contributed by atoms with van der Waals surface area (Å²) in [4.78, 5) is 14.5. The van der Waals surface area contributed by atoms with Crippen LogP contribution in [0.2, 0.25) is 0 Å². The Balaban J connectivity index is 2.01. The molecule has 2 fully saturated rings. The van der Waals surface area contributed by atoms with Crippen molar-refractivity contribution in [2.75, 3.05) is 6.67 Å². The molecule has 1 N–H and O–H groups in total. The van der Waals surface area contributed by atoms with Gasteiger partial charge < -0.3 is 4.90 Å². The average molecular weight is 238 g/mol. The molecule has 0 radical (unpaired) electrons. The summed E-state index contributed by atoms with van der Waals surface area (Å²) in [7, 11) is 0. The molecule has 98 valence electrons. The number of rotatable bonds is 3. The number of nitrogens with one attached hydrogen (secondary N) is 1. The minimum absolute atomic E-state index is 0.306. The molecule has 0 bridgehead atoms. The fourth-order valence-electron chi connectivity index (χ4n) is 3.21. The summed E-state index contributed by atoms with van der Waals surface area (Å²) in [5.74, 6) is 1.15. The second-order valence-corrected chi connectivity index (χ2v) is 5.89. The lowest BCUT2D eigenvalue weighted by Crippen LogP contribution is -2.45. The Kier molecular flexibility index (Phi) is 3.76. The zero-order valence-electron chi connectivity index (χ0n) is 11.5. The molecule has 3 nitrogen and oxygen atoms in total. The smallest absolute Gasteiger partial charge is 0.243 e. The summed E-state index contributed by atoms with van der Waals surface area (Å²) in [5, 5.41) is 3.39. The van der Waals surface area contributed by atoms with Gasteiger partial charge in [0.1, 0.15) is 0 Å². The highest BCUT2D eigenvalue weighted by atomic mass is 16.2. The Hall–Kier alpha value is -0.570. The molecule has 17 heavy (non-hydrogen) atoms. The highest BCUT2D eigenvalue weighted by Crippen LogP contribution is 2.32. The molecule has 0 aromatic carbocycles. The summed E-state index contributed by atoms with van der Waals surface area (Å²) < 4.78 is 0. The molecule has 3 atom stereocenters. The van der Waals surface area contributed by atoms with E-state index in [1.807, 2.05) is 6.92 Å². The van der Waals surface area contributed by atoms with Crippen LogP contribution in [-0.4, -0.2) is 29.1 Å². The van der Waals surface area contributed by atoms with Crippen LogP contribution < -0.4 is 5.32 Å². The van der Waals surface area contributed by atoms with Crippen molar-refractivity contribution in [3.8, 4) is 0 Å². The Morgan fingerprint density at radius 2 is 2.18 bits per heavy atom. The molecular weight excluding hydrogens is 212 g/mol. The molecule has 1 aliphatic heterocycles. The van der Waals surface area contributed by atoms with Gasteiger partial charge in [-0.2, -0.15) is 0 Å². The van der Waals surface area contributed by atoms with Crippen LogP contribution in [0.1, 0.15) is 59.3 Å². The van der Waals surface area contributed by atoms with Gasteiger partial charge in [-0.25, -0.2) is 0 Å². The van der Waals surface area contributed by atoms with Gasteiger partial charge in [-0.05, 0) is 32.1 Å². The van der Waals surface area contributed by atoms with Gasteiger partial charge in [-0.1, -0.05) is 33.1 Å². The third-order valence-corrected chi connectivity index (χ3v) is 4.85. The van der Waals surface area contributed by atoms with E-state index in [1.165, 1.54) is 32.1 Å². The van der Waals surface area contributed by atoms with Crippen molar-refractivity contribution in [3.05, 3.63) is 0 Å². The van der Waals surface area contributed by atoms with Crippen LogP contribution in [0.4, 0.5) is 0 Å². The first-order valence-electron chi connectivity index (χ1n) is 7.16. The lowest BCUT2D eigenvalue weighted by atomic mass is 9.83. The molecule has 0 spiro atoms. The van der Waals surface area contributed by atoms with E-state index < -0.39 is 0 Å². The van der Waals surface area contributed by atoms with Gasteiger partial charge in [0, 0.05) is 6.04 Å². The third-order valence-electron chi connectivity index (χ3n) is 4.85. The maximum atomic E-state index is 12.4. The molecule has 1 saturated carbocycles. The molecular formula is C14H26N2O. The SMILES string of the molecule is CCC1CCCC(N2CNC(C)(CC)C2=O)C1. The second kappa shape index (κ2) is 4.97. The zero-order chi connectivity index (χ0) is 12.5. The molecule has 0 aromatic rings. The standard InChI is InChI=1S/C14H26N2O/c1-4-11-7-6-8-12(9-11)16-10-15-14(3,5-2)13(16)17/h11-12,15H,4-10H2,1-3H3. The van der Waals surface area contributed by atoms with Crippen molar-refractivity contribution in [1.82, 2.24) is 10.2 Å². The number of amides is 1. The molecule has 1 heterocycles. The number of hydrogen-bond donors (Lipinski definition) is 1. The molecule has 1 saturated heterocycles. The van der Waals surface area contributed by atoms with Crippen LogP contribution in [0.5, 0.6) is 0 Å². The van der Waals surface area contributed by atoms with E-state index in [9.17, 15) is 4.79 Å². The van der Waals surface area contributed by atoms with Gasteiger partial charge >= 0.3 is 0 Å². The first-order valence-corrected chi connectivity index (χ1v) is 7.16. The van der Waals surface area contributed by atoms with Crippen LogP contribution in [0, 0.1) is 5.92 Å². The van der Waals surface area contributed by atoms with Crippen molar-refractivity contribution < 1.29 is 4.79 Å². The van der Waals surface area contributed by atoms with E-state index in [-0.39, 0.29) is 5.54 Å². The average Bonchev–Trinajstić information content (AvgIpc) is 2.67. The molecule has 2 aliphatic rings. The highest BCUT2D eigenvalue weighted by Gasteiger charge is 2.44. The van der Waals surface area contributed by atoms with Crippen molar-refractivity contribution in [2.24, 2.45) is 5.92 Å². The summed E-state index contributed by atoms with van der Waals surface area (Å²) in [6.07, 6.45) is 7.19. The summed E-state index contributed by atoms with van der Waals surface area (Å²) >= 11 is 0. The van der Waals surface area contributed by atoms with Gasteiger partial charge in [0.15, 0.2) is 0 Å². The fourth-order valence-corrected chi connectivity index (χ4v) is 3.21. The molecule has 3 heteroatoms. The van der Waals surface area contributed by atoms with Crippen molar-refractivity contribution in [1.29, 1.82) is 0 Å². The first-order chi connectivity index (χ1) is 8.10. The van der Waals surface area contributed by atoms with Gasteiger partial charge in [0.05, 0.1) is 12.2 Å². The Labute approximate surface area is 105 Å². The Morgan fingerprint density at radius 3 is 2.76 bits per heavy atom. The molecule has 1 amide bonds. The van der Waals surface area contributed by atoms with Crippen molar-refractivity contribution >= 4 is 5.91 Å². The minimum Gasteiger partial charge on any atom is -0.325 e. The van der Waals surface area contributed by atoms with E-state index in [1.54, 1.807) is 0 Å². The first kappa shape index (κ1) is 12.9. The zero-order valence-corrected chi connectivity index (χ0v) is 11.5. The van der Waals surface area contributed by atoms with Gasteiger partial charge in [0.25, 0.3) is 0 Å². The number of hydrogen-bond acceptors (Lipinski definition) is 2. The van der Waals surface area contributed by atoms with Crippen LogP contribution >= 0.6 is 0 Å². The van der Waals surface area contributed by atoms with E-state index in [0.29, 0.717) is 11.9 Å². The van der Waals surface area contributed by atoms with E-state index >= 15 is 0 Å². The number of carbonyl (C=O) groups excluding carboxylic acids is 1. The maximum absolute atomic E-state index is 12.4. The largest absolute Gasteiger partial charge is 0.325 e.